The molecule has 0 aromatic rings. The molecular formula is C34H56N2O26. The van der Waals surface area contributed by atoms with Gasteiger partial charge in [0, 0.05) is 33.1 Å². The third kappa shape index (κ3) is 11.1. The number of amides is 2. The molecule has 4 heterocycles. The molecule has 2 amide bonds. The number of aliphatic carboxylic acids is 2. The Labute approximate surface area is 350 Å². The van der Waals surface area contributed by atoms with E-state index in [0.717, 1.165) is 13.8 Å². The summed E-state index contributed by atoms with van der Waals surface area (Å²) >= 11 is 0. The zero-order chi connectivity index (χ0) is 46.6. The Hall–Kier alpha value is -2.92. The van der Waals surface area contributed by atoms with Gasteiger partial charge in [0.2, 0.25) is 11.8 Å². The third-order valence-electron chi connectivity index (χ3n) is 10.9. The molecule has 0 radical (unpaired) electrons. The van der Waals surface area contributed by atoms with Crippen molar-refractivity contribution in [3.05, 3.63) is 0 Å². The molecule has 0 spiro atoms. The van der Waals surface area contributed by atoms with Crippen molar-refractivity contribution in [3.63, 3.8) is 0 Å². The van der Waals surface area contributed by atoms with Crippen LogP contribution in [0.25, 0.3) is 0 Å². The quantitative estimate of drug-likeness (QED) is 0.0607. The molecule has 4 rings (SSSR count). The summed E-state index contributed by atoms with van der Waals surface area (Å²) in [7, 11) is 0. The topological polar surface area (TPSA) is 460 Å². The smallest absolute Gasteiger partial charge is 0.364 e. The van der Waals surface area contributed by atoms with E-state index in [-0.39, 0.29) is 0 Å². The molecule has 4 fully saturated rings. The van der Waals surface area contributed by atoms with Crippen molar-refractivity contribution in [1.29, 1.82) is 0 Å². The first-order valence-corrected chi connectivity index (χ1v) is 19.2. The van der Waals surface area contributed by atoms with Gasteiger partial charge in [-0.3, -0.25) is 9.59 Å². The van der Waals surface area contributed by atoms with Crippen molar-refractivity contribution in [1.82, 2.24) is 10.6 Å². The van der Waals surface area contributed by atoms with Crippen LogP contribution in [0.1, 0.15) is 33.1 Å². The molecule has 17 N–H and O–H groups in total. The maximum Gasteiger partial charge on any atom is 0.364 e. The molecule has 28 heteroatoms. The molecule has 0 aromatic heterocycles. The van der Waals surface area contributed by atoms with Crippen LogP contribution >= 0.6 is 0 Å². The van der Waals surface area contributed by atoms with E-state index < -0.39 is 197 Å². The average Bonchev–Trinajstić information content (AvgIpc) is 3.21. The predicted molar refractivity (Wildman–Crippen MR) is 190 cm³/mol. The van der Waals surface area contributed by atoms with Crippen LogP contribution in [0.5, 0.6) is 0 Å². The van der Waals surface area contributed by atoms with Gasteiger partial charge in [-0.05, 0) is 0 Å². The first-order valence-electron chi connectivity index (χ1n) is 19.2. The largest absolute Gasteiger partial charge is 0.477 e. The molecule has 28 nitrogen and oxygen atoms in total. The van der Waals surface area contributed by atoms with Gasteiger partial charge in [0.1, 0.15) is 73.2 Å². The fraction of sp³-hybridized carbons (Fsp3) is 0.882. The predicted octanol–water partition coefficient (Wildman–Crippen LogP) is -10.0. The van der Waals surface area contributed by atoms with E-state index in [9.17, 15) is 95.8 Å². The number of aliphatic hydroxyl groups excluding tert-OH is 13. The van der Waals surface area contributed by atoms with Crippen LogP contribution in [0.3, 0.4) is 0 Å². The summed E-state index contributed by atoms with van der Waals surface area (Å²) in [5.74, 6) is -12.2. The van der Waals surface area contributed by atoms with Crippen molar-refractivity contribution in [2.24, 2.45) is 0 Å². The van der Waals surface area contributed by atoms with Crippen molar-refractivity contribution in [3.8, 4) is 0 Å². The number of rotatable bonds is 18. The van der Waals surface area contributed by atoms with E-state index in [1.54, 1.807) is 0 Å². The Balaban J connectivity index is 1.69. The van der Waals surface area contributed by atoms with Crippen LogP contribution in [-0.2, 0) is 52.3 Å². The number of hydrogen-bond acceptors (Lipinski definition) is 24. The number of carbonyl (C=O) groups is 4. The van der Waals surface area contributed by atoms with Gasteiger partial charge < -0.3 is 120 Å². The van der Waals surface area contributed by atoms with E-state index in [2.05, 4.69) is 10.6 Å². The molecule has 0 saturated carbocycles. The van der Waals surface area contributed by atoms with Crippen LogP contribution in [0.4, 0.5) is 0 Å². The number of hydrogen-bond donors (Lipinski definition) is 17. The molecule has 4 aliphatic heterocycles. The highest BCUT2D eigenvalue weighted by molar-refractivity contribution is 5.77. The van der Waals surface area contributed by atoms with Gasteiger partial charge in [0.05, 0.1) is 56.8 Å². The third-order valence-corrected chi connectivity index (χ3v) is 10.9. The molecule has 4 saturated heterocycles. The summed E-state index contributed by atoms with van der Waals surface area (Å²) < 4.78 is 39.0. The van der Waals surface area contributed by atoms with Gasteiger partial charge in [-0.25, -0.2) is 9.59 Å². The second-order valence-electron chi connectivity index (χ2n) is 15.3. The molecule has 0 unspecified atom stereocenters. The minimum absolute atomic E-state index is 0.699. The molecule has 358 valence electrons. The zero-order valence-corrected chi connectivity index (χ0v) is 33.1. The summed E-state index contributed by atoms with van der Waals surface area (Å²) in [6.07, 6.45) is -36.5. The number of aliphatic hydroxyl groups is 13. The van der Waals surface area contributed by atoms with Crippen molar-refractivity contribution in [2.45, 2.75) is 161 Å². The molecular weight excluding hydrogens is 852 g/mol. The summed E-state index contributed by atoms with van der Waals surface area (Å²) in [5.41, 5.74) is 0. The highest BCUT2D eigenvalue weighted by Crippen LogP contribution is 2.40. The SMILES string of the molecule is CC(=O)N[C@H]1[C@H]([C@H](O)[C@H](O)CO)O[C@@](O[C@H](CO)[C@@H](O)[C@@H]2O[C@@](O[C@@H]3C[C@H](O[C@H]4[C@H](O)[C@@H](O)[C@H](O)O[C@@H]4CO)O[C@H](CO)[C@@H]3O)(C(=O)O)C[C@H](O)[C@H]2NC(C)=O)(C(=O)O)C[C@@H]1O. The van der Waals surface area contributed by atoms with Crippen LogP contribution in [0.15, 0.2) is 0 Å². The Bertz CT molecular complexity index is 1530. The average molecular weight is 909 g/mol. The van der Waals surface area contributed by atoms with Crippen molar-refractivity contribution < 1.29 is 129 Å². The maximum absolute atomic E-state index is 13.1. The number of ether oxygens (including phenoxy) is 7. The lowest BCUT2D eigenvalue weighted by atomic mass is 9.87. The highest BCUT2D eigenvalue weighted by atomic mass is 16.8. The Kier molecular flexibility index (Phi) is 17.8. The van der Waals surface area contributed by atoms with E-state index in [4.69, 9.17) is 33.2 Å². The van der Waals surface area contributed by atoms with Crippen molar-refractivity contribution in [2.75, 3.05) is 26.4 Å². The van der Waals surface area contributed by atoms with Crippen LogP contribution < -0.4 is 10.6 Å². The molecule has 21 atom stereocenters. The minimum atomic E-state index is -3.19. The first-order chi connectivity index (χ1) is 29.0. The Morgan fingerprint density at radius 3 is 1.69 bits per heavy atom. The number of carbonyl (C=O) groups excluding carboxylic acids is 2. The van der Waals surface area contributed by atoms with Crippen molar-refractivity contribution >= 4 is 23.8 Å². The van der Waals surface area contributed by atoms with E-state index in [0.29, 0.717) is 0 Å². The molecule has 0 bridgehead atoms. The van der Waals surface area contributed by atoms with Gasteiger partial charge in [-0.15, -0.1) is 0 Å². The number of carboxylic acids is 2. The van der Waals surface area contributed by atoms with Gasteiger partial charge in [0.15, 0.2) is 12.6 Å². The number of nitrogens with one attached hydrogen (secondary N) is 2. The second kappa shape index (κ2) is 21.4. The maximum atomic E-state index is 13.1. The first kappa shape index (κ1) is 51.7. The van der Waals surface area contributed by atoms with Crippen LogP contribution in [0, 0.1) is 0 Å². The summed E-state index contributed by atoms with van der Waals surface area (Å²) in [4.78, 5) is 50.2. The fourth-order valence-corrected chi connectivity index (χ4v) is 7.75. The molecule has 4 aliphatic rings. The van der Waals surface area contributed by atoms with Gasteiger partial charge in [-0.1, -0.05) is 0 Å². The lowest BCUT2D eigenvalue weighted by Crippen LogP contribution is -2.71. The normalized spacial score (nSPS) is 42.2. The molecule has 62 heavy (non-hydrogen) atoms. The van der Waals surface area contributed by atoms with Crippen LogP contribution in [0.2, 0.25) is 0 Å². The van der Waals surface area contributed by atoms with E-state index >= 15 is 0 Å². The standard InChI is InChI=1S/C34H56N2O26/c1-10(41)35-20-12(43)5-34(32(54)55,61-28(20)22(46)14(45)6-37)60-17(8-39)24(48)29-21(36-11(2)42)13(44)4-33(62-29,31(52)53)59-15-3-19(56-16(7-38)23(15)47)58-27-18(9-40)57-30(51)26(50)25(27)49/h12-30,37-40,43-51H,3-9H2,1-2H3,(H,35,41)(H,36,42)(H,52,53)(H,54,55)/t12-,13-,14+,15+,16+,17+,18+,19-,20+,21+,22+,23+,24+,25+,26+,27+,28+,29+,30+,33+,34+/m0/s1. The lowest BCUT2D eigenvalue weighted by Gasteiger charge is -2.50. The summed E-state index contributed by atoms with van der Waals surface area (Å²) in [6.45, 7) is -2.44. The number of carboxylic acid groups (broad SMARTS) is 2. The Morgan fingerprint density at radius 2 is 1.21 bits per heavy atom. The monoisotopic (exact) mass is 908 g/mol. The second-order valence-corrected chi connectivity index (χ2v) is 15.3. The molecule has 0 aromatic carbocycles. The van der Waals surface area contributed by atoms with Gasteiger partial charge >= 0.3 is 11.9 Å². The molecule has 0 aliphatic carbocycles. The minimum Gasteiger partial charge on any atom is -0.477 e. The summed E-state index contributed by atoms with van der Waals surface area (Å²) in [6, 6.07) is -3.47. The Morgan fingerprint density at radius 1 is 0.694 bits per heavy atom. The van der Waals surface area contributed by atoms with Gasteiger partial charge in [-0.2, -0.15) is 0 Å². The zero-order valence-electron chi connectivity index (χ0n) is 33.1. The van der Waals surface area contributed by atoms with Crippen LogP contribution in [-0.4, -0.2) is 255 Å². The van der Waals surface area contributed by atoms with Gasteiger partial charge in [0.25, 0.3) is 11.6 Å². The van der Waals surface area contributed by atoms with E-state index in [1.807, 2.05) is 0 Å². The summed E-state index contributed by atoms with van der Waals surface area (Å²) in [5, 5.41) is 162. The lowest BCUT2D eigenvalue weighted by molar-refractivity contribution is -0.369. The highest BCUT2D eigenvalue weighted by Gasteiger charge is 2.61. The fourth-order valence-electron chi connectivity index (χ4n) is 7.75. The van der Waals surface area contributed by atoms with E-state index in [1.165, 1.54) is 0 Å².